The Morgan fingerprint density at radius 1 is 1.65 bits per heavy atom. The van der Waals surface area contributed by atoms with Gasteiger partial charge in [-0.2, -0.15) is 5.10 Å². The molecule has 0 aromatic heterocycles. The van der Waals surface area contributed by atoms with E-state index >= 15 is 0 Å². The Balaban J connectivity index is 2.73. The molecule has 1 aromatic carbocycles. The molecular weight excluding hydrogens is 241 g/mol. The van der Waals surface area contributed by atoms with Crippen molar-refractivity contribution in [3.8, 4) is 5.75 Å². The van der Waals surface area contributed by atoms with Crippen LogP contribution in [0.25, 0.3) is 0 Å². The van der Waals surface area contributed by atoms with Gasteiger partial charge in [0, 0.05) is 0 Å². The van der Waals surface area contributed by atoms with Gasteiger partial charge in [-0.3, -0.25) is 5.43 Å². The van der Waals surface area contributed by atoms with E-state index in [2.05, 4.69) is 22.7 Å². The van der Waals surface area contributed by atoms with Crippen LogP contribution in [0.3, 0.4) is 0 Å². The second-order valence-electron chi connectivity index (χ2n) is 3.27. The Morgan fingerprint density at radius 2 is 2.41 bits per heavy atom. The van der Waals surface area contributed by atoms with Crippen LogP contribution in [0.15, 0.2) is 23.3 Å². The summed E-state index contributed by atoms with van der Waals surface area (Å²) in [4.78, 5) is 0. The van der Waals surface area contributed by atoms with Gasteiger partial charge in [-0.15, -0.1) is 0 Å². The fourth-order valence-corrected chi connectivity index (χ4v) is 1.15. The zero-order valence-corrected chi connectivity index (χ0v) is 10.3. The Kier molecular flexibility index (Phi) is 5.35. The number of benzene rings is 1. The molecule has 0 aliphatic heterocycles. The molecule has 17 heavy (non-hydrogen) atoms. The smallest absolute Gasteiger partial charge is 0.184 e. The molecule has 1 aromatic rings. The lowest BCUT2D eigenvalue weighted by Gasteiger charge is -2.06. The van der Waals surface area contributed by atoms with Crippen LogP contribution in [0.4, 0.5) is 4.39 Å². The third-order valence-corrected chi connectivity index (χ3v) is 1.90. The minimum atomic E-state index is -0.391. The highest BCUT2D eigenvalue weighted by Crippen LogP contribution is 2.18. The van der Waals surface area contributed by atoms with Crippen LogP contribution in [0, 0.1) is 5.82 Å². The highest BCUT2D eigenvalue weighted by molar-refractivity contribution is 7.80. The Labute approximate surface area is 105 Å². The number of ether oxygens (including phenoxy) is 1. The highest BCUT2D eigenvalue weighted by atomic mass is 32.1. The standard InChI is InChI=1S/C11H14FN3OS/c1-2-5-16-10-6-8(3-4-9(10)12)7-14-15-11(13)17/h3-4,6-7H,2,5H2,1H3,(H3,13,15,17). The van der Waals surface area contributed by atoms with Crippen molar-refractivity contribution in [2.24, 2.45) is 10.8 Å². The van der Waals surface area contributed by atoms with E-state index in [1.807, 2.05) is 6.92 Å². The van der Waals surface area contributed by atoms with Gasteiger partial charge in [-0.05, 0) is 36.3 Å². The van der Waals surface area contributed by atoms with Gasteiger partial charge in [0.05, 0.1) is 12.8 Å². The number of nitrogens with two attached hydrogens (primary N) is 1. The molecule has 0 spiro atoms. The van der Waals surface area contributed by atoms with Crippen LogP contribution >= 0.6 is 12.2 Å². The predicted octanol–water partition coefficient (Wildman–Crippen LogP) is 1.78. The summed E-state index contributed by atoms with van der Waals surface area (Å²) in [5, 5.41) is 3.85. The lowest BCUT2D eigenvalue weighted by molar-refractivity contribution is 0.301. The molecule has 0 unspecified atom stereocenters. The number of rotatable bonds is 5. The third-order valence-electron chi connectivity index (χ3n) is 1.81. The summed E-state index contributed by atoms with van der Waals surface area (Å²) in [6.07, 6.45) is 2.30. The average molecular weight is 255 g/mol. The van der Waals surface area contributed by atoms with Gasteiger partial charge in [-0.1, -0.05) is 13.0 Å². The molecule has 92 valence electrons. The molecule has 0 fully saturated rings. The van der Waals surface area contributed by atoms with Crippen LogP contribution < -0.4 is 15.9 Å². The first-order chi connectivity index (χ1) is 8.13. The minimum Gasteiger partial charge on any atom is -0.491 e. The molecule has 0 saturated heterocycles. The van der Waals surface area contributed by atoms with Gasteiger partial charge in [0.15, 0.2) is 16.7 Å². The second-order valence-corrected chi connectivity index (χ2v) is 3.71. The minimum absolute atomic E-state index is 0.0748. The zero-order chi connectivity index (χ0) is 12.7. The third kappa shape index (κ3) is 4.78. The van der Waals surface area contributed by atoms with Crippen LogP contribution in [-0.2, 0) is 0 Å². The molecular formula is C11H14FN3OS. The number of halogens is 1. The van der Waals surface area contributed by atoms with E-state index in [1.165, 1.54) is 12.3 Å². The van der Waals surface area contributed by atoms with Crippen LogP contribution in [0.1, 0.15) is 18.9 Å². The first kappa shape index (κ1) is 13.4. The number of hydrazone groups is 1. The summed E-state index contributed by atoms with van der Waals surface area (Å²) < 4.78 is 18.6. The molecule has 0 saturated carbocycles. The normalized spacial score (nSPS) is 10.5. The number of nitrogens with zero attached hydrogens (tertiary/aromatic N) is 1. The van der Waals surface area contributed by atoms with Crippen molar-refractivity contribution in [3.05, 3.63) is 29.6 Å². The van der Waals surface area contributed by atoms with Crippen molar-refractivity contribution in [1.29, 1.82) is 0 Å². The summed E-state index contributed by atoms with van der Waals surface area (Å²) in [6, 6.07) is 4.47. The molecule has 0 amide bonds. The van der Waals surface area contributed by atoms with Crippen molar-refractivity contribution in [2.75, 3.05) is 6.61 Å². The molecule has 0 heterocycles. The van der Waals surface area contributed by atoms with Gasteiger partial charge in [0.25, 0.3) is 0 Å². The fraction of sp³-hybridized carbons (Fsp3) is 0.273. The number of thiocarbonyl (C=S) groups is 1. The number of hydrogen-bond acceptors (Lipinski definition) is 3. The molecule has 0 atom stereocenters. The Bertz CT molecular complexity index is 423. The van der Waals surface area contributed by atoms with Crippen molar-refractivity contribution >= 4 is 23.5 Å². The Morgan fingerprint density at radius 3 is 3.06 bits per heavy atom. The number of nitrogens with one attached hydrogen (secondary N) is 1. The molecule has 0 bridgehead atoms. The van der Waals surface area contributed by atoms with Crippen LogP contribution in [0.5, 0.6) is 5.75 Å². The zero-order valence-electron chi connectivity index (χ0n) is 9.44. The lowest BCUT2D eigenvalue weighted by atomic mass is 10.2. The van der Waals surface area contributed by atoms with Crippen molar-refractivity contribution in [1.82, 2.24) is 5.43 Å². The lowest BCUT2D eigenvalue weighted by Crippen LogP contribution is -2.23. The largest absolute Gasteiger partial charge is 0.491 e. The molecule has 1 rings (SSSR count). The summed E-state index contributed by atoms with van der Waals surface area (Å²) >= 11 is 4.58. The van der Waals surface area contributed by atoms with E-state index in [1.54, 1.807) is 12.1 Å². The van der Waals surface area contributed by atoms with Gasteiger partial charge >= 0.3 is 0 Å². The molecule has 0 aliphatic carbocycles. The highest BCUT2D eigenvalue weighted by Gasteiger charge is 2.03. The Hall–Kier alpha value is -1.69. The first-order valence-corrected chi connectivity index (χ1v) is 5.55. The topological polar surface area (TPSA) is 59.6 Å². The quantitative estimate of drug-likeness (QED) is 0.478. The fourth-order valence-electron chi connectivity index (χ4n) is 1.09. The van der Waals surface area contributed by atoms with Crippen LogP contribution in [-0.4, -0.2) is 17.9 Å². The van der Waals surface area contributed by atoms with Crippen molar-refractivity contribution in [2.45, 2.75) is 13.3 Å². The van der Waals surface area contributed by atoms with Crippen molar-refractivity contribution < 1.29 is 9.13 Å². The predicted molar refractivity (Wildman–Crippen MR) is 69.7 cm³/mol. The van der Waals surface area contributed by atoms with E-state index in [0.717, 1.165) is 6.42 Å². The second kappa shape index (κ2) is 6.80. The summed E-state index contributed by atoms with van der Waals surface area (Å²) in [7, 11) is 0. The van der Waals surface area contributed by atoms with E-state index < -0.39 is 5.82 Å². The summed E-state index contributed by atoms with van der Waals surface area (Å²) in [5.74, 6) is -0.177. The maximum atomic E-state index is 13.3. The SMILES string of the molecule is CCCOc1cc(C=NNC(N)=S)ccc1F. The van der Waals surface area contributed by atoms with E-state index in [-0.39, 0.29) is 10.9 Å². The maximum absolute atomic E-state index is 13.3. The maximum Gasteiger partial charge on any atom is 0.184 e. The van der Waals surface area contributed by atoms with Gasteiger partial charge in [-0.25, -0.2) is 4.39 Å². The molecule has 6 heteroatoms. The van der Waals surface area contributed by atoms with Gasteiger partial charge in [0.1, 0.15) is 0 Å². The monoisotopic (exact) mass is 255 g/mol. The van der Waals surface area contributed by atoms with E-state index in [0.29, 0.717) is 12.2 Å². The van der Waals surface area contributed by atoms with E-state index in [4.69, 9.17) is 10.5 Å². The summed E-state index contributed by atoms with van der Waals surface area (Å²) in [6.45, 7) is 2.43. The summed E-state index contributed by atoms with van der Waals surface area (Å²) in [5.41, 5.74) is 8.31. The van der Waals surface area contributed by atoms with E-state index in [9.17, 15) is 4.39 Å². The molecule has 4 nitrogen and oxygen atoms in total. The van der Waals surface area contributed by atoms with Gasteiger partial charge < -0.3 is 10.5 Å². The molecule has 3 N–H and O–H groups in total. The number of hydrogen-bond donors (Lipinski definition) is 2. The molecule has 0 aliphatic rings. The van der Waals surface area contributed by atoms with Crippen LogP contribution in [0.2, 0.25) is 0 Å². The van der Waals surface area contributed by atoms with Crippen molar-refractivity contribution in [3.63, 3.8) is 0 Å². The van der Waals surface area contributed by atoms with Gasteiger partial charge in [0.2, 0.25) is 0 Å². The first-order valence-electron chi connectivity index (χ1n) is 5.14. The molecule has 0 radical (unpaired) electrons. The average Bonchev–Trinajstić information content (AvgIpc) is 2.29.